The Kier molecular flexibility index (Phi) is 2.74. The monoisotopic (exact) mass is 240 g/mol. The van der Waals surface area contributed by atoms with E-state index in [-0.39, 0.29) is 6.04 Å². The number of ether oxygens (including phenoxy) is 1. The third kappa shape index (κ3) is 1.86. The summed E-state index contributed by atoms with van der Waals surface area (Å²) in [5, 5.41) is 1.12. The second-order valence-electron chi connectivity index (χ2n) is 4.94. The smallest absolute Gasteiger partial charge is 0.218 e. The first-order valence-corrected chi connectivity index (χ1v) is 6.30. The van der Waals surface area contributed by atoms with Crippen molar-refractivity contribution in [2.45, 2.75) is 19.9 Å². The van der Waals surface area contributed by atoms with E-state index in [1.165, 1.54) is 0 Å². The van der Waals surface area contributed by atoms with Crippen molar-refractivity contribution < 1.29 is 4.74 Å². The average Bonchev–Trinajstić information content (AvgIpc) is 2.87. The van der Waals surface area contributed by atoms with Crippen LogP contribution in [0, 0.1) is 5.92 Å². The normalized spacial score (nSPS) is 19.1. The Morgan fingerprint density at radius 3 is 2.83 bits per heavy atom. The van der Waals surface area contributed by atoms with Gasteiger partial charge in [0.25, 0.3) is 0 Å². The standard InChI is InChI=1S/C15H16N2O/c1-10(2)13-9-18-15(17-13)12-7-3-5-11-6-4-8-16-14(11)12/h3-8,10,13H,9H2,1-2H3/t13-/m0/s1. The highest BCUT2D eigenvalue weighted by Gasteiger charge is 2.23. The predicted octanol–water partition coefficient (Wildman–Crippen LogP) is 3.04. The largest absolute Gasteiger partial charge is 0.475 e. The van der Waals surface area contributed by atoms with Crippen LogP contribution in [0.4, 0.5) is 0 Å². The summed E-state index contributed by atoms with van der Waals surface area (Å²) < 4.78 is 5.73. The van der Waals surface area contributed by atoms with Crippen LogP contribution in [0.2, 0.25) is 0 Å². The van der Waals surface area contributed by atoms with Gasteiger partial charge in [0.1, 0.15) is 6.61 Å². The van der Waals surface area contributed by atoms with Crippen LogP contribution in [0.3, 0.4) is 0 Å². The Bertz CT molecular complexity index is 599. The summed E-state index contributed by atoms with van der Waals surface area (Å²) in [6.45, 7) is 5.01. The second-order valence-corrected chi connectivity index (χ2v) is 4.94. The Labute approximate surface area is 107 Å². The Morgan fingerprint density at radius 1 is 1.22 bits per heavy atom. The van der Waals surface area contributed by atoms with Gasteiger partial charge in [0.05, 0.1) is 17.1 Å². The molecular formula is C15H16N2O. The van der Waals surface area contributed by atoms with Crippen LogP contribution < -0.4 is 0 Å². The van der Waals surface area contributed by atoms with E-state index in [1.54, 1.807) is 6.20 Å². The fourth-order valence-corrected chi connectivity index (χ4v) is 2.16. The fourth-order valence-electron chi connectivity index (χ4n) is 2.16. The molecule has 0 fully saturated rings. The third-order valence-corrected chi connectivity index (χ3v) is 3.31. The molecule has 1 aromatic carbocycles. The number of nitrogens with zero attached hydrogens (tertiary/aromatic N) is 2. The highest BCUT2D eigenvalue weighted by atomic mass is 16.5. The van der Waals surface area contributed by atoms with Crippen LogP contribution in [0.1, 0.15) is 19.4 Å². The van der Waals surface area contributed by atoms with Crippen molar-refractivity contribution in [1.29, 1.82) is 0 Å². The quantitative estimate of drug-likeness (QED) is 0.808. The lowest BCUT2D eigenvalue weighted by Crippen LogP contribution is -2.13. The van der Waals surface area contributed by atoms with Gasteiger partial charge in [0, 0.05) is 11.6 Å². The number of aliphatic imine (C=N–C) groups is 1. The highest BCUT2D eigenvalue weighted by Crippen LogP contribution is 2.22. The Morgan fingerprint density at radius 2 is 2.06 bits per heavy atom. The molecule has 1 aromatic heterocycles. The summed E-state index contributed by atoms with van der Waals surface area (Å²) in [7, 11) is 0. The number of pyridine rings is 1. The molecule has 0 radical (unpaired) electrons. The topological polar surface area (TPSA) is 34.5 Å². The third-order valence-electron chi connectivity index (χ3n) is 3.31. The molecule has 0 saturated carbocycles. The Balaban J connectivity index is 2.08. The minimum absolute atomic E-state index is 0.263. The van der Waals surface area contributed by atoms with Crippen LogP contribution in [0.25, 0.3) is 10.9 Å². The van der Waals surface area contributed by atoms with Gasteiger partial charge in [-0.2, -0.15) is 0 Å². The predicted molar refractivity (Wildman–Crippen MR) is 72.9 cm³/mol. The van der Waals surface area contributed by atoms with E-state index >= 15 is 0 Å². The van der Waals surface area contributed by atoms with Gasteiger partial charge in [-0.05, 0) is 18.1 Å². The van der Waals surface area contributed by atoms with Crippen molar-refractivity contribution in [3.63, 3.8) is 0 Å². The lowest BCUT2D eigenvalue weighted by atomic mass is 10.1. The van der Waals surface area contributed by atoms with Crippen LogP contribution >= 0.6 is 0 Å². The van der Waals surface area contributed by atoms with Crippen molar-refractivity contribution in [3.05, 3.63) is 42.1 Å². The molecule has 18 heavy (non-hydrogen) atoms. The van der Waals surface area contributed by atoms with Crippen molar-refractivity contribution in [2.75, 3.05) is 6.61 Å². The molecule has 0 bridgehead atoms. The Hall–Kier alpha value is -1.90. The zero-order valence-electron chi connectivity index (χ0n) is 10.6. The molecule has 0 amide bonds. The van der Waals surface area contributed by atoms with E-state index in [2.05, 4.69) is 36.0 Å². The van der Waals surface area contributed by atoms with E-state index in [1.807, 2.05) is 18.2 Å². The summed E-state index contributed by atoms with van der Waals surface area (Å²) >= 11 is 0. The minimum atomic E-state index is 0.263. The van der Waals surface area contributed by atoms with Gasteiger partial charge >= 0.3 is 0 Å². The summed E-state index contributed by atoms with van der Waals surface area (Å²) in [6.07, 6.45) is 1.81. The molecule has 0 saturated heterocycles. The van der Waals surface area contributed by atoms with Crippen molar-refractivity contribution in [1.82, 2.24) is 4.98 Å². The number of fused-ring (bicyclic) bond motifs is 1. The number of rotatable bonds is 2. The van der Waals surface area contributed by atoms with Gasteiger partial charge in [0.15, 0.2) is 0 Å². The number of para-hydroxylation sites is 1. The zero-order chi connectivity index (χ0) is 12.5. The van der Waals surface area contributed by atoms with Gasteiger partial charge in [0.2, 0.25) is 5.90 Å². The summed E-state index contributed by atoms with van der Waals surface area (Å²) in [4.78, 5) is 9.10. The van der Waals surface area contributed by atoms with Gasteiger partial charge in [-0.25, -0.2) is 4.99 Å². The molecule has 1 aliphatic heterocycles. The van der Waals surface area contributed by atoms with Gasteiger partial charge in [-0.1, -0.05) is 32.0 Å². The lowest BCUT2D eigenvalue weighted by Gasteiger charge is -2.06. The van der Waals surface area contributed by atoms with E-state index in [9.17, 15) is 0 Å². The van der Waals surface area contributed by atoms with Crippen molar-refractivity contribution in [2.24, 2.45) is 10.9 Å². The highest BCUT2D eigenvalue weighted by molar-refractivity contribution is 6.05. The molecule has 0 unspecified atom stereocenters. The molecular weight excluding hydrogens is 224 g/mol. The molecule has 3 heteroatoms. The molecule has 0 spiro atoms. The van der Waals surface area contributed by atoms with Gasteiger partial charge < -0.3 is 4.74 Å². The van der Waals surface area contributed by atoms with Gasteiger partial charge in [-0.3, -0.25) is 4.98 Å². The molecule has 2 heterocycles. The van der Waals surface area contributed by atoms with E-state index in [4.69, 9.17) is 4.74 Å². The van der Waals surface area contributed by atoms with Crippen molar-refractivity contribution >= 4 is 16.8 Å². The molecule has 1 atom stereocenters. The van der Waals surface area contributed by atoms with Crippen LogP contribution in [0.15, 0.2) is 41.5 Å². The summed E-state index contributed by atoms with van der Waals surface area (Å²) in [6, 6.07) is 10.4. The fraction of sp³-hybridized carbons (Fsp3) is 0.333. The lowest BCUT2D eigenvalue weighted by molar-refractivity contribution is 0.292. The zero-order valence-corrected chi connectivity index (χ0v) is 10.6. The average molecular weight is 240 g/mol. The minimum Gasteiger partial charge on any atom is -0.475 e. The molecule has 2 aromatic rings. The molecule has 1 aliphatic rings. The first-order valence-electron chi connectivity index (χ1n) is 6.30. The maximum atomic E-state index is 5.73. The molecule has 3 nitrogen and oxygen atoms in total. The second kappa shape index (κ2) is 4.41. The van der Waals surface area contributed by atoms with Gasteiger partial charge in [-0.15, -0.1) is 0 Å². The van der Waals surface area contributed by atoms with E-state index in [0.29, 0.717) is 12.5 Å². The number of hydrogen-bond acceptors (Lipinski definition) is 3. The maximum absolute atomic E-state index is 5.73. The number of hydrogen-bond donors (Lipinski definition) is 0. The maximum Gasteiger partial charge on any atom is 0.218 e. The molecule has 0 N–H and O–H groups in total. The van der Waals surface area contributed by atoms with E-state index in [0.717, 1.165) is 22.4 Å². The summed E-state index contributed by atoms with van der Waals surface area (Å²) in [5.41, 5.74) is 1.96. The first-order chi connectivity index (χ1) is 8.75. The molecule has 3 rings (SSSR count). The summed E-state index contributed by atoms with van der Waals surface area (Å²) in [5.74, 6) is 1.24. The number of aromatic nitrogens is 1. The van der Waals surface area contributed by atoms with Crippen LogP contribution in [-0.2, 0) is 4.74 Å². The molecule has 0 aliphatic carbocycles. The number of benzene rings is 1. The van der Waals surface area contributed by atoms with Crippen LogP contribution in [0.5, 0.6) is 0 Å². The van der Waals surface area contributed by atoms with Crippen LogP contribution in [-0.4, -0.2) is 23.5 Å². The first kappa shape index (κ1) is 11.2. The van der Waals surface area contributed by atoms with Crippen molar-refractivity contribution in [3.8, 4) is 0 Å². The SMILES string of the molecule is CC(C)[C@@H]1COC(c2cccc3cccnc23)=N1. The molecule has 92 valence electrons. The van der Waals surface area contributed by atoms with E-state index < -0.39 is 0 Å².